The SMILES string of the molecule is CC1(C(=O)O)CCCCN1C(=O)NCCc1ccc(Cl)s1. The lowest BCUT2D eigenvalue weighted by atomic mass is 9.89. The molecule has 0 spiro atoms. The molecule has 0 saturated carbocycles. The molecule has 0 aromatic carbocycles. The van der Waals surface area contributed by atoms with Crippen LogP contribution in [0.1, 0.15) is 31.1 Å². The number of likely N-dealkylation sites (tertiary alicyclic amines) is 1. The van der Waals surface area contributed by atoms with Gasteiger partial charge in [-0.15, -0.1) is 11.3 Å². The number of nitrogens with one attached hydrogen (secondary N) is 1. The Morgan fingerprint density at radius 1 is 1.48 bits per heavy atom. The number of amides is 2. The molecule has 0 aliphatic carbocycles. The zero-order valence-corrected chi connectivity index (χ0v) is 13.5. The molecule has 5 nitrogen and oxygen atoms in total. The zero-order valence-electron chi connectivity index (χ0n) is 11.9. The van der Waals surface area contributed by atoms with Gasteiger partial charge in [0.25, 0.3) is 0 Å². The van der Waals surface area contributed by atoms with E-state index in [4.69, 9.17) is 11.6 Å². The average Bonchev–Trinajstić information content (AvgIpc) is 2.84. The highest BCUT2D eigenvalue weighted by Crippen LogP contribution is 2.28. The number of halogens is 1. The number of carbonyl (C=O) groups is 2. The Morgan fingerprint density at radius 2 is 2.24 bits per heavy atom. The quantitative estimate of drug-likeness (QED) is 0.891. The number of carboxylic acid groups (broad SMARTS) is 1. The summed E-state index contributed by atoms with van der Waals surface area (Å²) in [5.41, 5.74) is -1.10. The fourth-order valence-corrected chi connectivity index (χ4v) is 3.63. The summed E-state index contributed by atoms with van der Waals surface area (Å²) in [6.45, 7) is 2.58. The molecular formula is C14H19ClN2O3S. The number of rotatable bonds is 4. The summed E-state index contributed by atoms with van der Waals surface area (Å²) >= 11 is 7.34. The van der Waals surface area contributed by atoms with E-state index in [1.807, 2.05) is 12.1 Å². The van der Waals surface area contributed by atoms with Crippen molar-refractivity contribution in [2.45, 2.75) is 38.1 Å². The first-order valence-corrected chi connectivity index (χ1v) is 8.16. The van der Waals surface area contributed by atoms with Gasteiger partial charge in [0.2, 0.25) is 0 Å². The maximum atomic E-state index is 12.2. The van der Waals surface area contributed by atoms with Crippen molar-refractivity contribution in [1.29, 1.82) is 0 Å². The monoisotopic (exact) mass is 330 g/mol. The average molecular weight is 331 g/mol. The van der Waals surface area contributed by atoms with Crippen molar-refractivity contribution in [2.24, 2.45) is 0 Å². The molecule has 1 saturated heterocycles. The summed E-state index contributed by atoms with van der Waals surface area (Å²) in [5.74, 6) is -0.942. The fourth-order valence-electron chi connectivity index (χ4n) is 2.54. The molecule has 21 heavy (non-hydrogen) atoms. The van der Waals surface area contributed by atoms with Gasteiger partial charge in [-0.2, -0.15) is 0 Å². The smallest absolute Gasteiger partial charge is 0.329 e. The van der Waals surface area contributed by atoms with Gasteiger partial charge in [-0.3, -0.25) is 0 Å². The third kappa shape index (κ3) is 3.68. The van der Waals surface area contributed by atoms with Crippen molar-refractivity contribution in [1.82, 2.24) is 10.2 Å². The molecule has 116 valence electrons. The highest BCUT2D eigenvalue weighted by molar-refractivity contribution is 7.16. The van der Waals surface area contributed by atoms with E-state index in [2.05, 4.69) is 5.32 Å². The number of carboxylic acids is 1. The van der Waals surface area contributed by atoms with Crippen molar-refractivity contribution in [3.05, 3.63) is 21.3 Å². The standard InChI is InChI=1S/C14H19ClN2O3S/c1-14(12(18)19)7-2-3-9-17(14)13(20)16-8-6-10-4-5-11(15)21-10/h4-5H,2-3,6-9H2,1H3,(H,16,20)(H,18,19). The van der Waals surface area contributed by atoms with Crippen LogP contribution in [-0.4, -0.2) is 40.6 Å². The predicted molar refractivity (Wildman–Crippen MR) is 83.0 cm³/mol. The molecule has 7 heteroatoms. The van der Waals surface area contributed by atoms with Gasteiger partial charge in [-0.25, -0.2) is 9.59 Å². The number of aliphatic carboxylic acids is 1. The Bertz CT molecular complexity index is 534. The Labute approximate surface area is 132 Å². The molecule has 2 N–H and O–H groups in total. The van der Waals surface area contributed by atoms with Crippen LogP contribution in [0.5, 0.6) is 0 Å². The van der Waals surface area contributed by atoms with E-state index in [0.717, 1.165) is 22.1 Å². The second kappa shape index (κ2) is 6.66. The number of piperidine rings is 1. The number of hydrogen-bond donors (Lipinski definition) is 2. The number of hydrogen-bond acceptors (Lipinski definition) is 3. The largest absolute Gasteiger partial charge is 0.480 e. The van der Waals surface area contributed by atoms with E-state index in [9.17, 15) is 14.7 Å². The summed E-state index contributed by atoms with van der Waals surface area (Å²) in [4.78, 5) is 26.2. The zero-order chi connectivity index (χ0) is 15.5. The minimum Gasteiger partial charge on any atom is -0.480 e. The third-order valence-electron chi connectivity index (χ3n) is 3.87. The molecule has 1 aromatic heterocycles. The van der Waals surface area contributed by atoms with Gasteiger partial charge < -0.3 is 15.3 Å². The molecule has 1 aliphatic heterocycles. The summed E-state index contributed by atoms with van der Waals surface area (Å²) in [6, 6.07) is 3.46. The second-order valence-corrected chi connectivity index (χ2v) is 7.18. The minimum absolute atomic E-state index is 0.303. The summed E-state index contributed by atoms with van der Waals surface area (Å²) < 4.78 is 0.728. The lowest BCUT2D eigenvalue weighted by molar-refractivity contribution is -0.150. The van der Waals surface area contributed by atoms with Crippen molar-refractivity contribution in [3.8, 4) is 0 Å². The van der Waals surface area contributed by atoms with Gasteiger partial charge in [0.15, 0.2) is 0 Å². The van der Waals surface area contributed by atoms with Crippen molar-refractivity contribution in [2.75, 3.05) is 13.1 Å². The molecule has 2 amide bonds. The van der Waals surface area contributed by atoms with E-state index in [0.29, 0.717) is 25.9 Å². The Morgan fingerprint density at radius 3 is 2.86 bits per heavy atom. The van der Waals surface area contributed by atoms with Crippen molar-refractivity contribution in [3.63, 3.8) is 0 Å². The van der Waals surface area contributed by atoms with Crippen LogP contribution in [0.15, 0.2) is 12.1 Å². The van der Waals surface area contributed by atoms with Crippen LogP contribution in [0.3, 0.4) is 0 Å². The highest BCUT2D eigenvalue weighted by Gasteiger charge is 2.43. The molecule has 0 radical (unpaired) electrons. The summed E-state index contributed by atoms with van der Waals surface area (Å²) in [6.07, 6.45) is 2.87. The van der Waals surface area contributed by atoms with Crippen LogP contribution >= 0.6 is 22.9 Å². The van der Waals surface area contributed by atoms with Crippen LogP contribution in [0.4, 0.5) is 4.79 Å². The molecule has 1 unspecified atom stereocenters. The van der Waals surface area contributed by atoms with Crippen LogP contribution < -0.4 is 5.32 Å². The molecule has 1 aliphatic rings. The predicted octanol–water partition coefficient (Wildman–Crippen LogP) is 2.98. The number of thiophene rings is 1. The van der Waals surface area contributed by atoms with Gasteiger partial charge >= 0.3 is 12.0 Å². The topological polar surface area (TPSA) is 69.6 Å². The molecular weight excluding hydrogens is 312 g/mol. The highest BCUT2D eigenvalue weighted by atomic mass is 35.5. The first-order valence-electron chi connectivity index (χ1n) is 6.96. The molecule has 2 heterocycles. The number of carbonyl (C=O) groups excluding carboxylic acids is 1. The number of urea groups is 1. The summed E-state index contributed by atoms with van der Waals surface area (Å²) in [7, 11) is 0. The molecule has 1 aromatic rings. The van der Waals surface area contributed by atoms with E-state index >= 15 is 0 Å². The fraction of sp³-hybridized carbons (Fsp3) is 0.571. The Hall–Kier alpha value is -1.27. The van der Waals surface area contributed by atoms with Crippen molar-refractivity contribution < 1.29 is 14.7 Å². The van der Waals surface area contributed by atoms with E-state index < -0.39 is 11.5 Å². The van der Waals surface area contributed by atoms with E-state index in [1.54, 1.807) is 6.92 Å². The van der Waals surface area contributed by atoms with E-state index in [1.165, 1.54) is 16.2 Å². The Balaban J connectivity index is 1.90. The van der Waals surface area contributed by atoms with Crippen LogP contribution in [-0.2, 0) is 11.2 Å². The third-order valence-corrected chi connectivity index (χ3v) is 5.16. The lowest BCUT2D eigenvalue weighted by Crippen LogP contribution is -2.60. The second-order valence-electron chi connectivity index (χ2n) is 5.38. The first-order chi connectivity index (χ1) is 9.93. The Kier molecular flexibility index (Phi) is 5.11. The normalized spacial score (nSPS) is 22.1. The van der Waals surface area contributed by atoms with E-state index in [-0.39, 0.29) is 6.03 Å². The molecule has 2 rings (SSSR count). The minimum atomic E-state index is -1.10. The first kappa shape index (κ1) is 16.1. The van der Waals surface area contributed by atoms with Gasteiger partial charge in [-0.05, 0) is 44.7 Å². The molecule has 0 bridgehead atoms. The maximum absolute atomic E-state index is 12.2. The van der Waals surface area contributed by atoms with Crippen LogP contribution in [0.25, 0.3) is 0 Å². The van der Waals surface area contributed by atoms with Gasteiger partial charge in [0.1, 0.15) is 5.54 Å². The van der Waals surface area contributed by atoms with Crippen LogP contribution in [0.2, 0.25) is 4.34 Å². The maximum Gasteiger partial charge on any atom is 0.329 e. The lowest BCUT2D eigenvalue weighted by Gasteiger charge is -2.41. The van der Waals surface area contributed by atoms with Gasteiger partial charge in [0, 0.05) is 18.0 Å². The molecule has 1 fully saturated rings. The van der Waals surface area contributed by atoms with Gasteiger partial charge in [-0.1, -0.05) is 11.6 Å². The van der Waals surface area contributed by atoms with Gasteiger partial charge in [0.05, 0.1) is 4.34 Å². The van der Waals surface area contributed by atoms with Crippen LogP contribution in [0, 0.1) is 0 Å². The van der Waals surface area contributed by atoms with Crippen molar-refractivity contribution >= 4 is 34.9 Å². The molecule has 1 atom stereocenters. The summed E-state index contributed by atoms with van der Waals surface area (Å²) in [5, 5.41) is 12.2. The number of nitrogens with zero attached hydrogens (tertiary/aromatic N) is 1.